The van der Waals surface area contributed by atoms with Crippen molar-refractivity contribution in [3.63, 3.8) is 0 Å². The number of furan rings is 1. The fourth-order valence-electron chi connectivity index (χ4n) is 6.97. The van der Waals surface area contributed by atoms with E-state index in [4.69, 9.17) is 4.42 Å². The maximum Gasteiger partial charge on any atom is 0.216 e. The topological polar surface area (TPSA) is 17.0 Å². The van der Waals surface area contributed by atoms with Gasteiger partial charge in [-0.15, -0.1) is 0 Å². The van der Waals surface area contributed by atoms with Gasteiger partial charge in [-0.05, 0) is 66.0 Å². The number of fused-ring (bicyclic) bond motifs is 5. The molecule has 182 valence electrons. The molecule has 0 amide bonds. The Morgan fingerprint density at radius 2 is 1.51 bits per heavy atom. The largest absolute Gasteiger partial charge is 0.455 e. The van der Waals surface area contributed by atoms with E-state index >= 15 is 0 Å². The Bertz CT molecular complexity index is 1450. The highest BCUT2D eigenvalue weighted by Gasteiger charge is 2.39. The van der Waals surface area contributed by atoms with Gasteiger partial charge in [-0.3, -0.25) is 0 Å². The number of rotatable bonds is 2. The van der Waals surface area contributed by atoms with Crippen LogP contribution >= 0.6 is 0 Å². The van der Waals surface area contributed by atoms with E-state index in [2.05, 4.69) is 88.8 Å². The fourth-order valence-corrected chi connectivity index (χ4v) is 6.97. The third kappa shape index (κ3) is 3.55. The van der Waals surface area contributed by atoms with Crippen LogP contribution in [0.5, 0.6) is 0 Å². The SMILES string of the molecule is Cc1ccc2c(oc3c4c(ccc32)C(C)(C)CCC4(C)C)c1-c1cc(C2CCCCC2)cc[n+]1C. The molecule has 6 rings (SSSR count). The number of aryl methyl sites for hydroxylation is 2. The van der Waals surface area contributed by atoms with Crippen LogP contribution < -0.4 is 4.57 Å². The van der Waals surface area contributed by atoms with E-state index in [0.29, 0.717) is 5.92 Å². The molecule has 2 aliphatic carbocycles. The average Bonchev–Trinajstić information content (AvgIpc) is 3.21. The van der Waals surface area contributed by atoms with Crippen LogP contribution in [0, 0.1) is 6.92 Å². The van der Waals surface area contributed by atoms with Gasteiger partial charge in [-0.2, -0.15) is 0 Å². The third-order valence-electron chi connectivity index (χ3n) is 9.31. The van der Waals surface area contributed by atoms with Gasteiger partial charge in [0, 0.05) is 28.5 Å². The summed E-state index contributed by atoms with van der Waals surface area (Å²) in [4.78, 5) is 0. The monoisotopic (exact) mass is 466 g/mol. The molecule has 0 atom stereocenters. The minimum Gasteiger partial charge on any atom is -0.455 e. The second kappa shape index (κ2) is 7.95. The Kier molecular flexibility index (Phi) is 5.18. The number of hydrogen-bond donors (Lipinski definition) is 0. The summed E-state index contributed by atoms with van der Waals surface area (Å²) in [5, 5.41) is 2.50. The van der Waals surface area contributed by atoms with Crippen LogP contribution in [-0.4, -0.2) is 0 Å². The Morgan fingerprint density at radius 1 is 0.829 bits per heavy atom. The third-order valence-corrected chi connectivity index (χ3v) is 9.31. The second-order valence-electron chi connectivity index (χ2n) is 12.7. The minimum atomic E-state index is 0.110. The molecule has 0 spiro atoms. The molecule has 2 nitrogen and oxygen atoms in total. The van der Waals surface area contributed by atoms with Gasteiger partial charge in [0.15, 0.2) is 6.20 Å². The van der Waals surface area contributed by atoms with Crippen molar-refractivity contribution >= 4 is 21.9 Å². The maximum absolute atomic E-state index is 6.97. The summed E-state index contributed by atoms with van der Waals surface area (Å²) < 4.78 is 9.25. The first-order valence-corrected chi connectivity index (χ1v) is 13.7. The highest BCUT2D eigenvalue weighted by atomic mass is 16.3. The Labute approximate surface area is 210 Å². The van der Waals surface area contributed by atoms with Crippen molar-refractivity contribution in [1.82, 2.24) is 0 Å². The highest BCUT2D eigenvalue weighted by Crippen LogP contribution is 2.50. The van der Waals surface area contributed by atoms with Crippen LogP contribution in [0.4, 0.5) is 0 Å². The van der Waals surface area contributed by atoms with Crippen LogP contribution in [0.25, 0.3) is 33.2 Å². The molecule has 2 aliphatic rings. The predicted octanol–water partition coefficient (Wildman–Crippen LogP) is 8.78. The van der Waals surface area contributed by atoms with Gasteiger partial charge in [0.1, 0.15) is 18.2 Å². The van der Waals surface area contributed by atoms with Gasteiger partial charge >= 0.3 is 0 Å². The quantitative estimate of drug-likeness (QED) is 0.270. The first-order valence-electron chi connectivity index (χ1n) is 13.7. The number of nitrogens with zero attached hydrogens (tertiary/aromatic N) is 1. The zero-order valence-electron chi connectivity index (χ0n) is 22.4. The van der Waals surface area contributed by atoms with Crippen LogP contribution in [0.15, 0.2) is 47.0 Å². The lowest BCUT2D eigenvalue weighted by Crippen LogP contribution is -2.33. The first kappa shape index (κ1) is 22.8. The van der Waals surface area contributed by atoms with Crippen LogP contribution in [0.3, 0.4) is 0 Å². The summed E-state index contributed by atoms with van der Waals surface area (Å²) in [6.07, 6.45) is 11.4. The molecule has 2 heteroatoms. The van der Waals surface area contributed by atoms with Crippen molar-refractivity contribution in [2.24, 2.45) is 7.05 Å². The Hall–Kier alpha value is -2.61. The second-order valence-corrected chi connectivity index (χ2v) is 12.7. The number of aromatic nitrogens is 1. The number of benzene rings is 2. The Morgan fingerprint density at radius 3 is 2.29 bits per heavy atom. The lowest BCUT2D eigenvalue weighted by Gasteiger charge is -2.41. The molecule has 2 aromatic carbocycles. The smallest absolute Gasteiger partial charge is 0.216 e. The van der Waals surface area contributed by atoms with Crippen LogP contribution in [0.1, 0.15) is 101 Å². The zero-order chi connectivity index (χ0) is 24.5. The first-order chi connectivity index (χ1) is 16.7. The maximum atomic E-state index is 6.97. The molecule has 2 heterocycles. The molecule has 0 saturated heterocycles. The van der Waals surface area contributed by atoms with Gasteiger partial charge in [0.25, 0.3) is 0 Å². The molecule has 0 aliphatic heterocycles. The van der Waals surface area contributed by atoms with Crippen molar-refractivity contribution in [3.05, 3.63) is 64.8 Å². The molecule has 0 N–H and O–H groups in total. The van der Waals surface area contributed by atoms with Gasteiger partial charge in [0.05, 0.1) is 5.56 Å². The van der Waals surface area contributed by atoms with Crippen molar-refractivity contribution in [2.45, 2.75) is 96.3 Å². The standard InChI is InChI=1S/C33H40NO/c1-21-12-13-24-25-14-15-26-29(33(4,5)18-17-32(26,2)3)31(25)35-30(24)28(21)27-20-23(16-19-34(27)6)22-10-8-7-9-11-22/h12-16,19-20,22H,7-11,17-18H2,1-6H3/q+1. The van der Waals surface area contributed by atoms with E-state index in [1.807, 2.05) is 0 Å². The fraction of sp³-hybridized carbons (Fsp3) is 0.485. The Balaban J connectivity index is 1.62. The van der Waals surface area contributed by atoms with Crippen LogP contribution in [-0.2, 0) is 17.9 Å². The molecular weight excluding hydrogens is 426 g/mol. The van der Waals surface area contributed by atoms with Gasteiger partial charge in [-0.1, -0.05) is 71.2 Å². The van der Waals surface area contributed by atoms with Crippen molar-refractivity contribution in [1.29, 1.82) is 0 Å². The van der Waals surface area contributed by atoms with E-state index < -0.39 is 0 Å². The van der Waals surface area contributed by atoms with E-state index in [-0.39, 0.29) is 10.8 Å². The molecule has 0 bridgehead atoms. The molecular formula is C33H40NO+. The van der Waals surface area contributed by atoms with Gasteiger partial charge in [0.2, 0.25) is 5.69 Å². The van der Waals surface area contributed by atoms with Crippen molar-refractivity contribution < 1.29 is 8.98 Å². The number of hydrogen-bond acceptors (Lipinski definition) is 1. The average molecular weight is 467 g/mol. The normalized spacial score (nSPS) is 19.8. The lowest BCUT2D eigenvalue weighted by atomic mass is 9.63. The molecule has 2 aromatic heterocycles. The lowest BCUT2D eigenvalue weighted by molar-refractivity contribution is -0.660. The molecule has 35 heavy (non-hydrogen) atoms. The summed E-state index contributed by atoms with van der Waals surface area (Å²) in [6.45, 7) is 11.8. The summed E-state index contributed by atoms with van der Waals surface area (Å²) in [5.74, 6) is 0.689. The van der Waals surface area contributed by atoms with E-state index in [1.54, 1.807) is 0 Å². The van der Waals surface area contributed by atoms with Gasteiger partial charge in [-0.25, -0.2) is 4.57 Å². The van der Waals surface area contributed by atoms with Crippen molar-refractivity contribution in [3.8, 4) is 11.3 Å². The van der Waals surface area contributed by atoms with Crippen molar-refractivity contribution in [2.75, 3.05) is 0 Å². The zero-order valence-corrected chi connectivity index (χ0v) is 22.4. The summed E-state index contributed by atoms with van der Waals surface area (Å²) in [5.41, 5.74) is 10.6. The molecule has 1 saturated carbocycles. The molecule has 4 aromatic rings. The van der Waals surface area contributed by atoms with Crippen LogP contribution in [0.2, 0.25) is 0 Å². The highest BCUT2D eigenvalue weighted by molar-refractivity contribution is 6.11. The summed E-state index contributed by atoms with van der Waals surface area (Å²) in [7, 11) is 2.18. The van der Waals surface area contributed by atoms with E-state index in [9.17, 15) is 0 Å². The summed E-state index contributed by atoms with van der Waals surface area (Å²) >= 11 is 0. The van der Waals surface area contributed by atoms with E-state index in [1.165, 1.54) is 89.2 Å². The molecule has 1 fully saturated rings. The summed E-state index contributed by atoms with van der Waals surface area (Å²) in [6, 6.07) is 14.1. The molecule has 0 unspecified atom stereocenters. The predicted molar refractivity (Wildman–Crippen MR) is 146 cm³/mol. The number of pyridine rings is 1. The molecule has 0 radical (unpaired) electrons. The minimum absolute atomic E-state index is 0.110. The van der Waals surface area contributed by atoms with E-state index in [0.717, 1.165) is 11.2 Å². The van der Waals surface area contributed by atoms with Gasteiger partial charge < -0.3 is 4.42 Å².